The highest BCUT2D eigenvalue weighted by atomic mass is 16.6. The van der Waals surface area contributed by atoms with Crippen LogP contribution in [0.4, 0.5) is 0 Å². The summed E-state index contributed by atoms with van der Waals surface area (Å²) in [7, 11) is 0. The second-order valence-corrected chi connectivity index (χ2v) is 8.39. The van der Waals surface area contributed by atoms with Gasteiger partial charge in [-0.2, -0.15) is 0 Å². The molecule has 0 aromatic rings. The first-order valence-electron chi connectivity index (χ1n) is 9.51. The molecule has 5 rings (SSSR count). The summed E-state index contributed by atoms with van der Waals surface area (Å²) in [5.74, 6) is 1.87. The molecule has 7 nitrogen and oxygen atoms in total. The molecule has 0 bridgehead atoms. The fourth-order valence-corrected chi connectivity index (χ4v) is 4.66. The minimum Gasteiger partial charge on any atom is -0.381 e. The summed E-state index contributed by atoms with van der Waals surface area (Å²) in [6.07, 6.45) is 2.43. The van der Waals surface area contributed by atoms with Crippen molar-refractivity contribution in [3.63, 3.8) is 0 Å². The smallest absolute Gasteiger partial charge is 0.248 e. The van der Waals surface area contributed by atoms with Gasteiger partial charge in [-0.1, -0.05) is 0 Å². The number of nitrogens with zero attached hydrogens (tertiary/aromatic N) is 2. The third kappa shape index (κ3) is 2.96. The van der Waals surface area contributed by atoms with E-state index in [0.29, 0.717) is 50.6 Å². The lowest BCUT2D eigenvalue weighted by Crippen LogP contribution is -2.61. The lowest BCUT2D eigenvalue weighted by Gasteiger charge is -2.43. The zero-order valence-electron chi connectivity index (χ0n) is 14.5. The fraction of sp³-hybridized carbons (Fsp3) is 0.889. The minimum atomic E-state index is -0.574. The van der Waals surface area contributed by atoms with Gasteiger partial charge >= 0.3 is 0 Å². The predicted octanol–water partition coefficient (Wildman–Crippen LogP) is -0.255. The maximum absolute atomic E-state index is 13.0. The summed E-state index contributed by atoms with van der Waals surface area (Å²) in [6.45, 7) is 5.01. The Morgan fingerprint density at radius 3 is 2.72 bits per heavy atom. The molecule has 3 aliphatic heterocycles. The van der Waals surface area contributed by atoms with Crippen LogP contribution in [-0.4, -0.2) is 86.4 Å². The van der Waals surface area contributed by atoms with Gasteiger partial charge in [-0.25, -0.2) is 0 Å². The molecule has 1 spiro atoms. The van der Waals surface area contributed by atoms with Crippen LogP contribution in [0.5, 0.6) is 0 Å². The van der Waals surface area contributed by atoms with Crippen LogP contribution in [0.3, 0.4) is 0 Å². The van der Waals surface area contributed by atoms with Gasteiger partial charge in [-0.3, -0.25) is 9.59 Å². The summed E-state index contributed by atoms with van der Waals surface area (Å²) >= 11 is 0. The molecule has 138 valence electrons. The van der Waals surface area contributed by atoms with Crippen molar-refractivity contribution in [1.29, 1.82) is 0 Å². The molecule has 25 heavy (non-hydrogen) atoms. The van der Waals surface area contributed by atoms with Crippen LogP contribution in [0.2, 0.25) is 0 Å². The molecule has 2 aliphatic carbocycles. The summed E-state index contributed by atoms with van der Waals surface area (Å²) in [5, 5.41) is 0. The lowest BCUT2D eigenvalue weighted by atomic mass is 10.0. The van der Waals surface area contributed by atoms with Gasteiger partial charge in [0.1, 0.15) is 12.2 Å². The molecular weight excluding hydrogens is 324 g/mol. The molecule has 4 atom stereocenters. The van der Waals surface area contributed by atoms with Gasteiger partial charge in [0.05, 0.1) is 39.5 Å². The molecule has 0 aromatic carbocycles. The largest absolute Gasteiger partial charge is 0.381 e. The number of rotatable bonds is 3. The number of fused-ring (bicyclic) bond motifs is 1. The standard InChI is InChI=1S/C18H26N2O5/c21-15-8-25-18(10-20(15)5-12-1-2-12)9-19(3-4-23-11-18)17(22)16-13-6-24-7-14(13)16/h12-14,16H,1-11H2/t13-,14+,16?,18?. The second kappa shape index (κ2) is 5.93. The number of morpholine rings is 1. The van der Waals surface area contributed by atoms with Gasteiger partial charge < -0.3 is 24.0 Å². The summed E-state index contributed by atoms with van der Waals surface area (Å²) in [4.78, 5) is 29.0. The van der Waals surface area contributed by atoms with Crippen molar-refractivity contribution in [3.05, 3.63) is 0 Å². The molecule has 7 heteroatoms. The molecule has 2 saturated carbocycles. The molecule has 0 N–H and O–H groups in total. The van der Waals surface area contributed by atoms with E-state index in [2.05, 4.69) is 0 Å². The van der Waals surface area contributed by atoms with E-state index < -0.39 is 5.60 Å². The number of carbonyl (C=O) groups is 2. The van der Waals surface area contributed by atoms with Crippen molar-refractivity contribution in [3.8, 4) is 0 Å². The third-order valence-electron chi connectivity index (χ3n) is 6.41. The number of carbonyl (C=O) groups excluding carboxylic acids is 2. The Balaban J connectivity index is 1.29. The Bertz CT molecular complexity index is 570. The van der Waals surface area contributed by atoms with Gasteiger partial charge in [-0.15, -0.1) is 0 Å². The van der Waals surface area contributed by atoms with Crippen molar-refractivity contribution in [1.82, 2.24) is 9.80 Å². The Labute approximate surface area is 147 Å². The van der Waals surface area contributed by atoms with Crippen LogP contribution in [0.25, 0.3) is 0 Å². The van der Waals surface area contributed by atoms with Gasteiger partial charge in [0.2, 0.25) is 11.8 Å². The van der Waals surface area contributed by atoms with Crippen molar-refractivity contribution < 1.29 is 23.8 Å². The highest BCUT2D eigenvalue weighted by molar-refractivity contribution is 5.83. The third-order valence-corrected chi connectivity index (χ3v) is 6.41. The normalized spacial score (nSPS) is 41.0. The Kier molecular flexibility index (Phi) is 3.80. The maximum atomic E-state index is 13.0. The number of ether oxygens (including phenoxy) is 3. The quantitative estimate of drug-likeness (QED) is 0.702. The fourth-order valence-electron chi connectivity index (χ4n) is 4.66. The summed E-state index contributed by atoms with van der Waals surface area (Å²) in [5.41, 5.74) is -0.574. The summed E-state index contributed by atoms with van der Waals surface area (Å²) < 4.78 is 17.2. The number of hydrogen-bond acceptors (Lipinski definition) is 5. The van der Waals surface area contributed by atoms with Crippen molar-refractivity contribution in [2.75, 3.05) is 59.2 Å². The molecule has 3 heterocycles. The van der Waals surface area contributed by atoms with E-state index in [4.69, 9.17) is 14.2 Å². The maximum Gasteiger partial charge on any atom is 0.248 e. The predicted molar refractivity (Wildman–Crippen MR) is 86.7 cm³/mol. The highest BCUT2D eigenvalue weighted by Crippen LogP contribution is 2.51. The zero-order valence-corrected chi connectivity index (χ0v) is 14.5. The number of amides is 2. The first kappa shape index (κ1) is 16.0. The van der Waals surface area contributed by atoms with Crippen molar-refractivity contribution >= 4 is 11.8 Å². The molecule has 5 aliphatic rings. The highest BCUT2D eigenvalue weighted by Gasteiger charge is 2.59. The van der Waals surface area contributed by atoms with Gasteiger partial charge in [0.25, 0.3) is 0 Å². The first-order chi connectivity index (χ1) is 12.2. The van der Waals surface area contributed by atoms with Gasteiger partial charge in [-0.05, 0) is 30.6 Å². The van der Waals surface area contributed by atoms with Crippen molar-refractivity contribution in [2.24, 2.45) is 23.7 Å². The van der Waals surface area contributed by atoms with Crippen LogP contribution in [0.15, 0.2) is 0 Å². The van der Waals surface area contributed by atoms with E-state index in [9.17, 15) is 9.59 Å². The molecule has 0 radical (unpaired) electrons. The number of hydrogen-bond donors (Lipinski definition) is 0. The topological polar surface area (TPSA) is 68.3 Å². The Morgan fingerprint density at radius 2 is 1.96 bits per heavy atom. The molecule has 3 saturated heterocycles. The molecule has 2 amide bonds. The Hall–Kier alpha value is -1.18. The SMILES string of the molecule is O=C1COC2(COCCN(C(=O)C3[C@H]4COC[C@@H]34)C2)CN1CC1CC1. The second-order valence-electron chi connectivity index (χ2n) is 8.39. The molecule has 0 aromatic heterocycles. The molecular formula is C18H26N2O5. The zero-order chi connectivity index (χ0) is 17.0. The van der Waals surface area contributed by atoms with Gasteiger partial charge in [0.15, 0.2) is 0 Å². The first-order valence-corrected chi connectivity index (χ1v) is 9.51. The van der Waals surface area contributed by atoms with E-state index in [1.54, 1.807) is 0 Å². The summed E-state index contributed by atoms with van der Waals surface area (Å²) in [6, 6.07) is 0. The lowest BCUT2D eigenvalue weighted by molar-refractivity contribution is -0.174. The van der Waals surface area contributed by atoms with Crippen LogP contribution in [0, 0.1) is 23.7 Å². The van der Waals surface area contributed by atoms with E-state index in [-0.39, 0.29) is 24.3 Å². The van der Waals surface area contributed by atoms with Crippen LogP contribution >= 0.6 is 0 Å². The Morgan fingerprint density at radius 1 is 1.16 bits per heavy atom. The van der Waals surface area contributed by atoms with Gasteiger partial charge in [0, 0.05) is 19.0 Å². The monoisotopic (exact) mass is 350 g/mol. The average molecular weight is 350 g/mol. The van der Waals surface area contributed by atoms with E-state index in [0.717, 1.165) is 19.8 Å². The van der Waals surface area contributed by atoms with E-state index >= 15 is 0 Å². The molecule has 5 fully saturated rings. The average Bonchev–Trinajstić information content (AvgIpc) is 3.51. The molecule has 2 unspecified atom stereocenters. The van der Waals surface area contributed by atoms with Crippen LogP contribution in [0.1, 0.15) is 12.8 Å². The minimum absolute atomic E-state index is 0.0634. The van der Waals surface area contributed by atoms with Crippen LogP contribution < -0.4 is 0 Å². The van der Waals surface area contributed by atoms with E-state index in [1.165, 1.54) is 12.8 Å². The van der Waals surface area contributed by atoms with Crippen LogP contribution in [-0.2, 0) is 23.8 Å². The van der Waals surface area contributed by atoms with E-state index in [1.807, 2.05) is 9.80 Å². The van der Waals surface area contributed by atoms with Crippen molar-refractivity contribution in [2.45, 2.75) is 18.4 Å².